The summed E-state index contributed by atoms with van der Waals surface area (Å²) in [6, 6.07) is 12.8. The van der Waals surface area contributed by atoms with Gasteiger partial charge in [0.15, 0.2) is 5.96 Å². The van der Waals surface area contributed by atoms with Crippen molar-refractivity contribution >= 4 is 34.8 Å². The molecule has 1 unspecified atom stereocenters. The van der Waals surface area contributed by atoms with Gasteiger partial charge in [0.1, 0.15) is 0 Å². The smallest absolute Gasteiger partial charge is 0.195 e. The van der Waals surface area contributed by atoms with Gasteiger partial charge in [0.2, 0.25) is 0 Å². The minimum absolute atomic E-state index is 0. The Hall–Kier alpha value is -1.74. The first-order chi connectivity index (χ1) is 8.72. The summed E-state index contributed by atoms with van der Waals surface area (Å²) >= 11 is 0. The number of benzene rings is 2. The molecule has 1 aliphatic heterocycles. The Labute approximate surface area is 119 Å². The van der Waals surface area contributed by atoms with Gasteiger partial charge in [-0.3, -0.25) is 4.99 Å². The van der Waals surface area contributed by atoms with E-state index in [0.717, 1.165) is 6.54 Å². The molecule has 0 radical (unpaired) electrons. The van der Waals surface area contributed by atoms with Crippen LogP contribution in [0.4, 0.5) is 5.69 Å². The summed E-state index contributed by atoms with van der Waals surface area (Å²) in [7, 11) is 1.74. The van der Waals surface area contributed by atoms with Gasteiger partial charge in [-0.05, 0) is 22.4 Å². The van der Waals surface area contributed by atoms with Crippen molar-refractivity contribution in [2.75, 3.05) is 18.5 Å². The van der Waals surface area contributed by atoms with E-state index in [-0.39, 0.29) is 12.4 Å². The van der Waals surface area contributed by atoms with Gasteiger partial charge in [-0.1, -0.05) is 37.3 Å². The molecular weight excluding hydrogens is 258 g/mol. The summed E-state index contributed by atoms with van der Waals surface area (Å²) in [6.07, 6.45) is 0. The minimum Gasteiger partial charge on any atom is -0.370 e. The molecule has 0 spiro atoms. The maximum atomic E-state index is 5.98. The van der Waals surface area contributed by atoms with Crippen molar-refractivity contribution in [3.63, 3.8) is 0 Å². The molecule has 0 aromatic heterocycles. The van der Waals surface area contributed by atoms with Gasteiger partial charge in [0.05, 0.1) is 0 Å². The Bertz CT molecular complexity index is 636. The van der Waals surface area contributed by atoms with Crippen LogP contribution in [0.15, 0.2) is 41.4 Å². The fourth-order valence-electron chi connectivity index (χ4n) is 2.84. The second kappa shape index (κ2) is 5.10. The van der Waals surface area contributed by atoms with Crippen LogP contribution in [-0.4, -0.2) is 19.6 Å². The first-order valence-electron chi connectivity index (χ1n) is 6.24. The van der Waals surface area contributed by atoms with Gasteiger partial charge < -0.3 is 10.6 Å². The predicted molar refractivity (Wildman–Crippen MR) is 84.5 cm³/mol. The second-order valence-electron chi connectivity index (χ2n) is 4.81. The maximum absolute atomic E-state index is 5.98. The molecule has 0 saturated heterocycles. The Morgan fingerprint density at radius 1 is 1.26 bits per heavy atom. The van der Waals surface area contributed by atoms with Crippen LogP contribution in [0.2, 0.25) is 0 Å². The third-order valence-electron chi connectivity index (χ3n) is 3.69. The monoisotopic (exact) mass is 275 g/mol. The molecule has 3 nitrogen and oxygen atoms in total. The number of rotatable bonds is 0. The molecule has 19 heavy (non-hydrogen) atoms. The van der Waals surface area contributed by atoms with Crippen LogP contribution in [0.1, 0.15) is 18.4 Å². The van der Waals surface area contributed by atoms with Crippen LogP contribution in [0.5, 0.6) is 0 Å². The third kappa shape index (κ3) is 2.04. The highest BCUT2D eigenvalue weighted by Crippen LogP contribution is 2.40. The van der Waals surface area contributed by atoms with Crippen LogP contribution in [0.3, 0.4) is 0 Å². The number of nitrogens with zero attached hydrogens (tertiary/aromatic N) is 2. The Morgan fingerprint density at radius 2 is 2.00 bits per heavy atom. The first-order valence-corrected chi connectivity index (χ1v) is 6.24. The van der Waals surface area contributed by atoms with E-state index in [4.69, 9.17) is 5.73 Å². The molecule has 1 heterocycles. The lowest BCUT2D eigenvalue weighted by Crippen LogP contribution is -2.36. The number of aliphatic imine (C=N–C) groups is 1. The van der Waals surface area contributed by atoms with Crippen molar-refractivity contribution in [2.45, 2.75) is 12.8 Å². The van der Waals surface area contributed by atoms with E-state index < -0.39 is 0 Å². The van der Waals surface area contributed by atoms with Crippen molar-refractivity contribution in [2.24, 2.45) is 10.7 Å². The molecule has 2 aromatic rings. The van der Waals surface area contributed by atoms with Gasteiger partial charge in [-0.25, -0.2) is 0 Å². The summed E-state index contributed by atoms with van der Waals surface area (Å²) in [5.74, 6) is 1.07. The standard InChI is InChI=1S/C15H17N3.ClH/c1-10-9-18(15(16)17-2)13-8-7-11-5-3-4-6-12(11)14(10)13;/h3-8,10H,9H2,1-2H3,(H2,16,17);1H. The SMILES string of the molecule is CN=C(N)N1CC(C)c2c1ccc1ccccc21.Cl. The van der Waals surface area contributed by atoms with Crippen LogP contribution in [0, 0.1) is 0 Å². The molecule has 1 atom stereocenters. The second-order valence-corrected chi connectivity index (χ2v) is 4.81. The molecule has 2 aromatic carbocycles. The maximum Gasteiger partial charge on any atom is 0.195 e. The average Bonchev–Trinajstić information content (AvgIpc) is 2.76. The molecule has 0 fully saturated rings. The minimum atomic E-state index is 0. The lowest BCUT2D eigenvalue weighted by molar-refractivity contribution is 0.823. The number of hydrogen-bond donors (Lipinski definition) is 1. The van der Waals surface area contributed by atoms with Gasteiger partial charge in [-0.2, -0.15) is 0 Å². The van der Waals surface area contributed by atoms with Gasteiger partial charge in [0.25, 0.3) is 0 Å². The molecule has 2 N–H and O–H groups in total. The first kappa shape index (κ1) is 13.7. The summed E-state index contributed by atoms with van der Waals surface area (Å²) < 4.78 is 0. The molecule has 4 heteroatoms. The highest BCUT2D eigenvalue weighted by Gasteiger charge is 2.28. The topological polar surface area (TPSA) is 41.6 Å². The van der Waals surface area contributed by atoms with Crippen molar-refractivity contribution in [3.05, 3.63) is 42.0 Å². The van der Waals surface area contributed by atoms with Gasteiger partial charge in [-0.15, -0.1) is 12.4 Å². The van der Waals surface area contributed by atoms with Crippen LogP contribution in [0.25, 0.3) is 10.8 Å². The molecule has 3 rings (SSSR count). The van der Waals surface area contributed by atoms with E-state index >= 15 is 0 Å². The molecule has 0 bridgehead atoms. The van der Waals surface area contributed by atoms with Gasteiger partial charge in [0, 0.05) is 25.2 Å². The van der Waals surface area contributed by atoms with E-state index in [0.29, 0.717) is 11.9 Å². The van der Waals surface area contributed by atoms with E-state index in [9.17, 15) is 0 Å². The van der Waals surface area contributed by atoms with Gasteiger partial charge >= 0.3 is 0 Å². The van der Waals surface area contributed by atoms with E-state index in [1.807, 2.05) is 0 Å². The highest BCUT2D eigenvalue weighted by molar-refractivity contribution is 6.02. The van der Waals surface area contributed by atoms with Crippen molar-refractivity contribution in [3.8, 4) is 0 Å². The van der Waals surface area contributed by atoms with Crippen molar-refractivity contribution < 1.29 is 0 Å². The zero-order valence-corrected chi connectivity index (χ0v) is 11.9. The Balaban J connectivity index is 0.00000133. The number of hydrogen-bond acceptors (Lipinski definition) is 1. The largest absolute Gasteiger partial charge is 0.370 e. The van der Waals surface area contributed by atoms with Crippen molar-refractivity contribution in [1.82, 2.24) is 0 Å². The number of anilines is 1. The average molecular weight is 276 g/mol. The third-order valence-corrected chi connectivity index (χ3v) is 3.69. The Morgan fingerprint density at radius 3 is 2.74 bits per heavy atom. The number of fused-ring (bicyclic) bond motifs is 3. The molecule has 100 valence electrons. The number of nitrogens with two attached hydrogens (primary N) is 1. The Kier molecular flexibility index (Phi) is 3.67. The van der Waals surface area contributed by atoms with Crippen molar-refractivity contribution in [1.29, 1.82) is 0 Å². The normalized spacial score (nSPS) is 18.3. The zero-order valence-electron chi connectivity index (χ0n) is 11.1. The highest BCUT2D eigenvalue weighted by atomic mass is 35.5. The molecule has 0 saturated carbocycles. The molecule has 0 amide bonds. The van der Waals surface area contributed by atoms with Crippen LogP contribution in [-0.2, 0) is 0 Å². The lowest BCUT2D eigenvalue weighted by Gasteiger charge is -2.18. The summed E-state index contributed by atoms with van der Waals surface area (Å²) in [4.78, 5) is 6.21. The summed E-state index contributed by atoms with van der Waals surface area (Å²) in [5, 5.41) is 2.62. The fourth-order valence-corrected chi connectivity index (χ4v) is 2.84. The number of halogens is 1. The zero-order chi connectivity index (χ0) is 12.7. The summed E-state index contributed by atoms with van der Waals surface area (Å²) in [5.41, 5.74) is 8.56. The lowest BCUT2D eigenvalue weighted by atomic mass is 9.96. The quantitative estimate of drug-likeness (QED) is 0.593. The van der Waals surface area contributed by atoms with Crippen LogP contribution < -0.4 is 10.6 Å². The van der Waals surface area contributed by atoms with E-state index in [1.54, 1.807) is 7.05 Å². The van der Waals surface area contributed by atoms with Crippen LogP contribution >= 0.6 is 12.4 Å². The summed E-state index contributed by atoms with van der Waals surface area (Å²) in [6.45, 7) is 3.15. The van der Waals surface area contributed by atoms with E-state index in [2.05, 4.69) is 53.2 Å². The predicted octanol–water partition coefficient (Wildman–Crippen LogP) is 3.13. The fraction of sp³-hybridized carbons (Fsp3) is 0.267. The molecule has 0 aliphatic carbocycles. The molecule has 1 aliphatic rings. The van der Waals surface area contributed by atoms with E-state index in [1.165, 1.54) is 22.0 Å². The number of guanidine groups is 1. The molecular formula is C15H18ClN3.